The van der Waals surface area contributed by atoms with E-state index in [-0.39, 0.29) is 0 Å². The molecule has 3 nitrogen and oxygen atoms in total. The van der Waals surface area contributed by atoms with Crippen LogP contribution in [0.15, 0.2) is 36.5 Å². The summed E-state index contributed by atoms with van der Waals surface area (Å²) in [5, 5.41) is 1.00. The van der Waals surface area contributed by atoms with E-state index < -0.39 is 0 Å². The Kier molecular flexibility index (Phi) is 3.65. The van der Waals surface area contributed by atoms with Crippen molar-refractivity contribution < 1.29 is 4.74 Å². The molecule has 0 saturated carbocycles. The number of fused-ring (bicyclic) bond motifs is 1. The summed E-state index contributed by atoms with van der Waals surface area (Å²) < 4.78 is 6.38. The maximum Gasteiger partial charge on any atom is 0.126 e. The molecule has 102 valence electrons. The zero-order valence-corrected chi connectivity index (χ0v) is 12.4. The maximum atomic E-state index is 5.25. The second kappa shape index (κ2) is 5.59. The third-order valence-corrected chi connectivity index (χ3v) is 4.24. The lowest BCUT2D eigenvalue weighted by Crippen LogP contribution is -1.88. The summed E-state index contributed by atoms with van der Waals surface area (Å²) in [6, 6.07) is 10.1. The highest BCUT2D eigenvalue weighted by atomic mass is 32.1. The third-order valence-electron chi connectivity index (χ3n) is 3.17. The van der Waals surface area contributed by atoms with Gasteiger partial charge in [-0.2, -0.15) is 0 Å². The predicted octanol–water partition coefficient (Wildman–Crippen LogP) is 4.32. The summed E-state index contributed by atoms with van der Waals surface area (Å²) in [4.78, 5) is 9.15. The number of ether oxygens (including phenoxy) is 1. The van der Waals surface area contributed by atoms with Gasteiger partial charge in [-0.1, -0.05) is 13.3 Å². The molecule has 0 bridgehead atoms. The molecule has 0 saturated heterocycles. The van der Waals surface area contributed by atoms with E-state index in [0.29, 0.717) is 0 Å². The van der Waals surface area contributed by atoms with E-state index in [1.54, 1.807) is 18.4 Å². The van der Waals surface area contributed by atoms with Crippen molar-refractivity contribution in [1.29, 1.82) is 0 Å². The monoisotopic (exact) mass is 284 g/mol. The second-order valence-corrected chi connectivity index (χ2v) is 5.67. The van der Waals surface area contributed by atoms with Crippen LogP contribution in [-0.4, -0.2) is 17.1 Å². The van der Waals surface area contributed by atoms with Crippen molar-refractivity contribution in [1.82, 2.24) is 9.97 Å². The summed E-state index contributed by atoms with van der Waals surface area (Å²) >= 11 is 1.67. The van der Waals surface area contributed by atoms with Gasteiger partial charge in [0.25, 0.3) is 0 Å². The number of hydrogen-bond donors (Lipinski definition) is 0. The number of pyridine rings is 1. The van der Waals surface area contributed by atoms with Gasteiger partial charge >= 0.3 is 0 Å². The second-order valence-electron chi connectivity index (χ2n) is 4.64. The van der Waals surface area contributed by atoms with Crippen LogP contribution < -0.4 is 4.74 Å². The van der Waals surface area contributed by atoms with Gasteiger partial charge < -0.3 is 4.74 Å². The highest BCUT2D eigenvalue weighted by Crippen LogP contribution is 2.32. The van der Waals surface area contributed by atoms with E-state index >= 15 is 0 Å². The number of aryl methyl sites for hydroxylation is 1. The zero-order chi connectivity index (χ0) is 13.9. The van der Waals surface area contributed by atoms with Crippen molar-refractivity contribution in [2.75, 3.05) is 7.11 Å². The highest BCUT2D eigenvalue weighted by Gasteiger charge is 2.07. The standard InChI is InChI=1S/C16H16N2OS/c1-3-4-12-6-5-11(10-17-12)16-18-14-8-7-13(19-2)9-15(14)20-16/h5-10H,3-4H2,1-2H3. The predicted molar refractivity (Wildman–Crippen MR) is 83.4 cm³/mol. The average molecular weight is 284 g/mol. The van der Waals surface area contributed by atoms with Crippen LogP contribution in [0.3, 0.4) is 0 Å². The minimum absolute atomic E-state index is 0.865. The molecule has 0 atom stereocenters. The van der Waals surface area contributed by atoms with Gasteiger partial charge in [-0.15, -0.1) is 11.3 Å². The number of rotatable bonds is 4. The van der Waals surface area contributed by atoms with Crippen molar-refractivity contribution in [3.8, 4) is 16.3 Å². The molecule has 1 aromatic carbocycles. The lowest BCUT2D eigenvalue weighted by atomic mass is 10.2. The van der Waals surface area contributed by atoms with E-state index in [9.17, 15) is 0 Å². The van der Waals surface area contributed by atoms with Gasteiger partial charge in [0.05, 0.1) is 17.3 Å². The first kappa shape index (κ1) is 13.1. The number of thiazole rings is 1. The summed E-state index contributed by atoms with van der Waals surface area (Å²) in [5.41, 5.74) is 3.22. The first-order valence-electron chi connectivity index (χ1n) is 6.70. The van der Waals surface area contributed by atoms with E-state index in [0.717, 1.165) is 45.1 Å². The summed E-state index contributed by atoms with van der Waals surface area (Å²) in [6.07, 6.45) is 4.06. The van der Waals surface area contributed by atoms with E-state index in [2.05, 4.69) is 29.0 Å². The fourth-order valence-electron chi connectivity index (χ4n) is 2.11. The minimum Gasteiger partial charge on any atom is -0.497 e. The van der Waals surface area contributed by atoms with E-state index in [4.69, 9.17) is 4.74 Å². The molecule has 4 heteroatoms. The smallest absolute Gasteiger partial charge is 0.126 e. The molecule has 0 aliphatic rings. The van der Waals surface area contributed by atoms with Gasteiger partial charge in [-0.25, -0.2) is 4.98 Å². The van der Waals surface area contributed by atoms with E-state index in [1.165, 1.54) is 0 Å². The van der Waals surface area contributed by atoms with Crippen LogP contribution in [0.5, 0.6) is 5.75 Å². The maximum absolute atomic E-state index is 5.25. The van der Waals surface area contributed by atoms with Crippen molar-refractivity contribution in [2.45, 2.75) is 19.8 Å². The Morgan fingerprint density at radius 1 is 1.20 bits per heavy atom. The fraction of sp³-hybridized carbons (Fsp3) is 0.250. The number of aromatic nitrogens is 2. The average Bonchev–Trinajstić information content (AvgIpc) is 2.91. The third kappa shape index (κ3) is 2.51. The quantitative estimate of drug-likeness (QED) is 0.715. The number of nitrogens with zero attached hydrogens (tertiary/aromatic N) is 2. The van der Waals surface area contributed by atoms with Crippen LogP contribution >= 0.6 is 11.3 Å². The Morgan fingerprint density at radius 3 is 2.80 bits per heavy atom. The largest absolute Gasteiger partial charge is 0.497 e. The van der Waals surface area contributed by atoms with Crippen molar-refractivity contribution in [3.05, 3.63) is 42.2 Å². The SMILES string of the molecule is CCCc1ccc(-c2nc3ccc(OC)cc3s2)cn1. The molecule has 0 fully saturated rings. The molecule has 3 aromatic rings. The number of methoxy groups -OCH3 is 1. The molecule has 0 aliphatic heterocycles. The van der Waals surface area contributed by atoms with Gasteiger partial charge in [0.1, 0.15) is 10.8 Å². The Hall–Kier alpha value is -1.94. The molecular weight excluding hydrogens is 268 g/mol. The molecule has 3 rings (SSSR count). The van der Waals surface area contributed by atoms with Gasteiger partial charge in [-0.3, -0.25) is 4.98 Å². The molecule has 2 aromatic heterocycles. The number of benzene rings is 1. The molecule has 0 unspecified atom stereocenters. The van der Waals surface area contributed by atoms with E-state index in [1.807, 2.05) is 24.4 Å². The molecule has 0 amide bonds. The Labute approximate surface area is 122 Å². The van der Waals surface area contributed by atoms with Crippen LogP contribution in [0.25, 0.3) is 20.8 Å². The Morgan fingerprint density at radius 2 is 2.10 bits per heavy atom. The van der Waals surface area contributed by atoms with Crippen LogP contribution in [-0.2, 0) is 6.42 Å². The van der Waals surface area contributed by atoms with Crippen LogP contribution in [0, 0.1) is 0 Å². The van der Waals surface area contributed by atoms with Crippen molar-refractivity contribution in [3.63, 3.8) is 0 Å². The topological polar surface area (TPSA) is 35.0 Å². The molecule has 0 spiro atoms. The van der Waals surface area contributed by atoms with Crippen molar-refractivity contribution >= 4 is 21.6 Å². The highest BCUT2D eigenvalue weighted by molar-refractivity contribution is 7.21. The van der Waals surface area contributed by atoms with Crippen LogP contribution in [0.4, 0.5) is 0 Å². The summed E-state index contributed by atoms with van der Waals surface area (Å²) in [7, 11) is 1.68. The fourth-order valence-corrected chi connectivity index (χ4v) is 3.09. The lowest BCUT2D eigenvalue weighted by Gasteiger charge is -1.99. The first-order chi connectivity index (χ1) is 9.80. The van der Waals surface area contributed by atoms with Crippen molar-refractivity contribution in [2.24, 2.45) is 0 Å². The molecule has 2 heterocycles. The van der Waals surface area contributed by atoms with Gasteiger partial charge in [0, 0.05) is 17.5 Å². The Bertz CT molecular complexity index is 719. The van der Waals surface area contributed by atoms with Gasteiger partial charge in [0.15, 0.2) is 0 Å². The zero-order valence-electron chi connectivity index (χ0n) is 11.6. The molecule has 0 N–H and O–H groups in total. The minimum atomic E-state index is 0.865. The van der Waals surface area contributed by atoms with Crippen LogP contribution in [0.1, 0.15) is 19.0 Å². The lowest BCUT2D eigenvalue weighted by molar-refractivity contribution is 0.415. The van der Waals surface area contributed by atoms with Crippen LogP contribution in [0.2, 0.25) is 0 Å². The molecular formula is C16H16N2OS. The molecule has 20 heavy (non-hydrogen) atoms. The number of hydrogen-bond acceptors (Lipinski definition) is 4. The van der Waals surface area contributed by atoms with Gasteiger partial charge in [-0.05, 0) is 36.8 Å². The normalized spacial score (nSPS) is 10.9. The summed E-state index contributed by atoms with van der Waals surface area (Å²) in [5.74, 6) is 0.865. The molecule has 0 aliphatic carbocycles. The first-order valence-corrected chi connectivity index (χ1v) is 7.51. The molecule has 0 radical (unpaired) electrons. The van der Waals surface area contributed by atoms with Gasteiger partial charge in [0.2, 0.25) is 0 Å². The Balaban J connectivity index is 1.96. The summed E-state index contributed by atoms with van der Waals surface area (Å²) in [6.45, 7) is 2.16.